The maximum absolute atomic E-state index is 11.7. The van der Waals surface area contributed by atoms with Crippen LogP contribution in [-0.2, 0) is 9.47 Å². The predicted octanol–water partition coefficient (Wildman–Crippen LogP) is 2.21. The second-order valence-corrected chi connectivity index (χ2v) is 4.92. The topological polar surface area (TPSA) is 55.8 Å². The summed E-state index contributed by atoms with van der Waals surface area (Å²) in [5, 5.41) is 10.1. The summed E-state index contributed by atoms with van der Waals surface area (Å²) in [6, 6.07) is 6.35. The summed E-state index contributed by atoms with van der Waals surface area (Å²) in [5.74, 6) is -0.486. The van der Waals surface area contributed by atoms with E-state index in [1.54, 1.807) is 24.3 Å². The third kappa shape index (κ3) is 3.36. The lowest BCUT2D eigenvalue weighted by atomic mass is 10.2. The van der Waals surface area contributed by atoms with Gasteiger partial charge in [-0.05, 0) is 24.3 Å². The molecule has 98 valence electrons. The van der Waals surface area contributed by atoms with Crippen LogP contribution in [0.25, 0.3) is 0 Å². The van der Waals surface area contributed by atoms with Crippen LogP contribution in [0.1, 0.15) is 16.8 Å². The summed E-state index contributed by atoms with van der Waals surface area (Å²) in [6.45, 7) is -0.0220. The maximum Gasteiger partial charge on any atom is 0.338 e. The first kappa shape index (κ1) is 13.6. The van der Waals surface area contributed by atoms with Crippen molar-refractivity contribution in [1.29, 1.82) is 0 Å². The van der Waals surface area contributed by atoms with Gasteiger partial charge in [-0.2, -0.15) is 0 Å². The van der Waals surface area contributed by atoms with Crippen LogP contribution in [0.3, 0.4) is 0 Å². The molecule has 18 heavy (non-hydrogen) atoms. The molecule has 6 heteroatoms. The molecule has 4 nitrogen and oxygen atoms in total. The zero-order valence-electron chi connectivity index (χ0n) is 9.38. The molecule has 2 rings (SSSR count). The third-order valence-corrected chi connectivity index (χ3v) is 3.17. The Bertz CT molecular complexity index is 421. The molecule has 0 bridgehead atoms. The van der Waals surface area contributed by atoms with E-state index in [1.807, 2.05) is 0 Å². The molecule has 3 atom stereocenters. The van der Waals surface area contributed by atoms with Crippen molar-refractivity contribution in [2.75, 3.05) is 6.61 Å². The highest BCUT2D eigenvalue weighted by atomic mass is 35.5. The first-order chi connectivity index (χ1) is 8.56. The molecule has 0 radical (unpaired) electrons. The monoisotopic (exact) mass is 290 g/mol. The van der Waals surface area contributed by atoms with Gasteiger partial charge in [-0.15, -0.1) is 0 Å². The number of hydrogen-bond donors (Lipinski definition) is 1. The first-order valence-electron chi connectivity index (χ1n) is 5.46. The number of carbonyl (C=O) groups is 1. The van der Waals surface area contributed by atoms with E-state index in [0.29, 0.717) is 17.0 Å². The van der Waals surface area contributed by atoms with Crippen LogP contribution in [-0.4, -0.2) is 35.5 Å². The van der Waals surface area contributed by atoms with Gasteiger partial charge in [-0.25, -0.2) is 4.79 Å². The fourth-order valence-corrected chi connectivity index (χ4v) is 2.10. The van der Waals surface area contributed by atoms with Gasteiger partial charge in [0.25, 0.3) is 0 Å². The van der Waals surface area contributed by atoms with E-state index in [4.69, 9.17) is 32.7 Å². The third-order valence-electron chi connectivity index (χ3n) is 2.64. The Balaban J connectivity index is 1.87. The summed E-state index contributed by atoms with van der Waals surface area (Å²) < 4.78 is 10.2. The molecule has 0 unspecified atom stereocenters. The average molecular weight is 291 g/mol. The van der Waals surface area contributed by atoms with Gasteiger partial charge < -0.3 is 14.6 Å². The molecule has 0 spiro atoms. The van der Waals surface area contributed by atoms with Crippen molar-refractivity contribution in [3.8, 4) is 0 Å². The smallest absolute Gasteiger partial charge is 0.338 e. The number of hydrogen-bond acceptors (Lipinski definition) is 4. The van der Waals surface area contributed by atoms with Crippen LogP contribution in [0.5, 0.6) is 0 Å². The van der Waals surface area contributed by atoms with E-state index >= 15 is 0 Å². The number of aliphatic hydroxyl groups is 1. The fourth-order valence-electron chi connectivity index (χ4n) is 1.66. The Hall–Kier alpha value is -0.810. The average Bonchev–Trinajstić information content (AvgIpc) is 2.66. The van der Waals surface area contributed by atoms with Crippen molar-refractivity contribution >= 4 is 29.2 Å². The molecule has 1 aromatic carbocycles. The maximum atomic E-state index is 11.7. The van der Waals surface area contributed by atoms with Gasteiger partial charge in [0.1, 0.15) is 18.3 Å². The molecule has 1 heterocycles. The molecule has 1 aliphatic rings. The van der Waals surface area contributed by atoms with Crippen LogP contribution in [0.15, 0.2) is 24.3 Å². The van der Waals surface area contributed by atoms with Gasteiger partial charge in [0, 0.05) is 11.4 Å². The van der Waals surface area contributed by atoms with Crippen LogP contribution in [0, 0.1) is 0 Å². The van der Waals surface area contributed by atoms with Crippen LogP contribution in [0.4, 0.5) is 0 Å². The minimum Gasteiger partial charge on any atom is -0.459 e. The van der Waals surface area contributed by atoms with Crippen LogP contribution >= 0.6 is 23.2 Å². The van der Waals surface area contributed by atoms with Crippen molar-refractivity contribution in [2.24, 2.45) is 0 Å². The van der Waals surface area contributed by atoms with Crippen LogP contribution in [0.2, 0.25) is 5.02 Å². The number of alkyl halides is 1. The highest BCUT2D eigenvalue weighted by molar-refractivity contribution is 6.30. The van der Waals surface area contributed by atoms with E-state index in [2.05, 4.69) is 0 Å². The molecular weight excluding hydrogens is 279 g/mol. The largest absolute Gasteiger partial charge is 0.459 e. The van der Waals surface area contributed by atoms with Crippen molar-refractivity contribution in [2.45, 2.75) is 24.2 Å². The normalized spacial score (nSPS) is 27.2. The number of benzene rings is 1. The molecule has 0 saturated carbocycles. The van der Waals surface area contributed by atoms with Crippen molar-refractivity contribution in [1.82, 2.24) is 0 Å². The zero-order chi connectivity index (χ0) is 13.1. The van der Waals surface area contributed by atoms with Gasteiger partial charge in [-0.3, -0.25) is 0 Å². The zero-order valence-corrected chi connectivity index (χ0v) is 10.9. The van der Waals surface area contributed by atoms with E-state index in [0.717, 1.165) is 0 Å². The number of rotatable bonds is 3. The minimum absolute atomic E-state index is 0.0220. The fraction of sp³-hybridized carbons (Fsp3) is 0.417. The number of ether oxygens (including phenoxy) is 2. The Morgan fingerprint density at radius 1 is 1.44 bits per heavy atom. The van der Waals surface area contributed by atoms with E-state index < -0.39 is 23.7 Å². The highest BCUT2D eigenvalue weighted by Crippen LogP contribution is 2.23. The summed E-state index contributed by atoms with van der Waals surface area (Å²) in [5.41, 5.74) is -0.131. The first-order valence-corrected chi connectivity index (χ1v) is 6.28. The lowest BCUT2D eigenvalue weighted by Gasteiger charge is -2.13. The Kier molecular flexibility index (Phi) is 4.45. The van der Waals surface area contributed by atoms with Gasteiger partial charge in [0.15, 0.2) is 0 Å². The van der Waals surface area contributed by atoms with Crippen molar-refractivity contribution in [3.05, 3.63) is 34.9 Å². The Morgan fingerprint density at radius 3 is 2.67 bits per heavy atom. The summed E-state index contributed by atoms with van der Waals surface area (Å²) in [4.78, 5) is 11.7. The van der Waals surface area contributed by atoms with Gasteiger partial charge in [0.2, 0.25) is 0 Å². The standard InChI is InChI=1S/C12H12Cl2O4/c13-8-3-1-7(2-4-8)12(16)17-6-10-9(15)5-11(14)18-10/h1-4,9-11,15H,5-6H2/t9-,10+,11+/m1/s1. The quantitative estimate of drug-likeness (QED) is 0.685. The lowest BCUT2D eigenvalue weighted by Crippen LogP contribution is -2.27. The van der Waals surface area contributed by atoms with E-state index in [-0.39, 0.29) is 6.61 Å². The second-order valence-electron chi connectivity index (χ2n) is 3.99. The molecule has 1 aliphatic heterocycles. The van der Waals surface area contributed by atoms with Gasteiger partial charge in [0.05, 0.1) is 11.7 Å². The number of esters is 1. The predicted molar refractivity (Wildman–Crippen MR) is 66.9 cm³/mol. The van der Waals surface area contributed by atoms with Crippen LogP contribution < -0.4 is 0 Å². The van der Waals surface area contributed by atoms with E-state index in [9.17, 15) is 9.90 Å². The molecule has 1 fully saturated rings. The summed E-state index contributed by atoms with van der Waals surface area (Å²) in [6.07, 6.45) is -0.931. The molecule has 1 saturated heterocycles. The number of aliphatic hydroxyl groups excluding tert-OH is 1. The lowest BCUT2D eigenvalue weighted by molar-refractivity contribution is -0.0200. The summed E-state index contributed by atoms with van der Waals surface area (Å²) in [7, 11) is 0. The van der Waals surface area contributed by atoms with Crippen molar-refractivity contribution in [3.63, 3.8) is 0 Å². The van der Waals surface area contributed by atoms with E-state index in [1.165, 1.54) is 0 Å². The Morgan fingerprint density at radius 2 is 2.11 bits per heavy atom. The van der Waals surface area contributed by atoms with Gasteiger partial charge >= 0.3 is 5.97 Å². The van der Waals surface area contributed by atoms with Crippen molar-refractivity contribution < 1.29 is 19.4 Å². The molecule has 0 aromatic heterocycles. The molecular formula is C12H12Cl2O4. The Labute approximate surface area is 114 Å². The number of halogens is 2. The number of carbonyl (C=O) groups excluding carboxylic acids is 1. The highest BCUT2D eigenvalue weighted by Gasteiger charge is 2.33. The molecule has 1 N–H and O–H groups in total. The second kappa shape index (κ2) is 5.89. The minimum atomic E-state index is -0.703. The molecule has 0 amide bonds. The summed E-state index contributed by atoms with van der Waals surface area (Å²) >= 11 is 11.4. The molecule has 1 aromatic rings. The van der Waals surface area contributed by atoms with Gasteiger partial charge in [-0.1, -0.05) is 23.2 Å². The molecule has 0 aliphatic carbocycles. The SMILES string of the molecule is O=C(OC[C@@H]1O[C@H](Cl)C[C@H]1O)c1ccc(Cl)cc1.